The summed E-state index contributed by atoms with van der Waals surface area (Å²) in [5.74, 6) is 2.64. The average Bonchev–Trinajstić information content (AvgIpc) is 3.74. The van der Waals surface area contributed by atoms with E-state index in [1.54, 1.807) is 9.36 Å². The Morgan fingerprint density at radius 1 is 0.554 bits per heavy atom. The highest BCUT2D eigenvalue weighted by molar-refractivity contribution is 5.91. The third kappa shape index (κ3) is 8.96. The van der Waals surface area contributed by atoms with Crippen molar-refractivity contribution in [3.05, 3.63) is 130 Å². The molecule has 0 fully saturated rings. The van der Waals surface area contributed by atoms with Crippen molar-refractivity contribution in [2.75, 3.05) is 28.3 Å². The number of nitrogens with one attached hydrogen (secondary N) is 5. The number of aryl methyl sites for hydroxylation is 6. The molecule has 5 N–H and O–H groups in total. The first kappa shape index (κ1) is 43.4. The van der Waals surface area contributed by atoms with Gasteiger partial charge in [-0.3, -0.25) is 4.90 Å². The molecule has 0 aliphatic carbocycles. The summed E-state index contributed by atoms with van der Waals surface area (Å²) >= 11 is 0. The summed E-state index contributed by atoms with van der Waals surface area (Å²) in [5, 5.41) is 28.4. The fourth-order valence-electron chi connectivity index (χ4n) is 8.91. The van der Waals surface area contributed by atoms with Crippen LogP contribution in [0.25, 0.3) is 22.1 Å². The van der Waals surface area contributed by atoms with Crippen LogP contribution in [-0.4, -0.2) is 62.5 Å². The molecule has 0 saturated carbocycles. The van der Waals surface area contributed by atoms with E-state index in [1.165, 1.54) is 44.5 Å². The van der Waals surface area contributed by atoms with Gasteiger partial charge in [-0.25, -0.2) is 19.3 Å². The highest BCUT2D eigenvalue weighted by Gasteiger charge is 2.30. The summed E-state index contributed by atoms with van der Waals surface area (Å²) in [7, 11) is 6.00. The summed E-state index contributed by atoms with van der Waals surface area (Å²) in [5.41, 5.74) is 16.2. The molecule has 10 rings (SSSR count). The van der Waals surface area contributed by atoms with Crippen LogP contribution in [-0.2, 0) is 40.0 Å². The van der Waals surface area contributed by atoms with Crippen molar-refractivity contribution in [2.24, 2.45) is 14.1 Å². The van der Waals surface area contributed by atoms with Crippen molar-refractivity contribution >= 4 is 68.3 Å². The van der Waals surface area contributed by atoms with Crippen LogP contribution in [0.15, 0.2) is 85.2 Å². The standard InChI is InChI=1S/C26H31N7.C25H29N7/c1-16-8-7-9-17(2)22(16)29-23-21-14-27-25(30-24(21)33(6)31-23)28-20-11-10-18-13-26(3,4)32(5)15-19(18)12-20;1-15-7-6-8-16(2)21(15)29-22-20-14-26-24(30-23(20)32(5)31-22)28-19-10-9-17-12-25(3,4)27-13-18(17)11-19/h7-12,14H,13,15H2,1-6H3,(H,29,31)(H,27,28,30);6-11,14,27H,12-13H2,1-5H3,(H,29,31)(H,26,28,30). The number of benzene rings is 4. The largest absolute Gasteiger partial charge is 0.338 e. The lowest BCUT2D eigenvalue weighted by atomic mass is 9.86. The Hall–Kier alpha value is -6.90. The predicted molar refractivity (Wildman–Crippen MR) is 264 cm³/mol. The number of fused-ring (bicyclic) bond motifs is 4. The number of rotatable bonds is 8. The minimum atomic E-state index is 0.137. The van der Waals surface area contributed by atoms with Crippen molar-refractivity contribution in [3.63, 3.8) is 0 Å². The molecule has 334 valence electrons. The molecule has 14 heteroatoms. The van der Waals surface area contributed by atoms with E-state index in [2.05, 4.69) is 187 Å². The Balaban J connectivity index is 0.000000164. The Labute approximate surface area is 381 Å². The van der Waals surface area contributed by atoms with E-state index in [0.29, 0.717) is 11.9 Å². The minimum Gasteiger partial charge on any atom is -0.338 e. The monoisotopic (exact) mass is 869 g/mol. The molecule has 0 saturated heterocycles. The molecule has 0 atom stereocenters. The maximum atomic E-state index is 4.76. The SMILES string of the molecule is Cc1cccc(C)c1Nc1nn(C)c2nc(Nc3ccc4c(c3)CN(C)C(C)(C)C4)ncc12.Cc1cccc(C)c1Nc1nn(C)c2nc(Nc3ccc4c(c3)CNC(C)(C)C4)ncc12. The Morgan fingerprint density at radius 2 is 1.02 bits per heavy atom. The number of hydrogen-bond acceptors (Lipinski definition) is 12. The van der Waals surface area contributed by atoms with E-state index in [0.717, 1.165) is 82.4 Å². The molecule has 0 unspecified atom stereocenters. The molecule has 0 bridgehead atoms. The second kappa shape index (κ2) is 16.9. The summed E-state index contributed by atoms with van der Waals surface area (Å²) in [6, 6.07) is 25.5. The number of nitrogens with zero attached hydrogens (tertiary/aromatic N) is 9. The first-order valence-electron chi connectivity index (χ1n) is 22.3. The van der Waals surface area contributed by atoms with E-state index in [-0.39, 0.29) is 11.1 Å². The number of likely N-dealkylation sites (N-methyl/N-ethyl adjacent to an activating group) is 1. The van der Waals surface area contributed by atoms with Crippen molar-refractivity contribution in [1.82, 2.24) is 49.7 Å². The van der Waals surface area contributed by atoms with Gasteiger partial charge in [0.1, 0.15) is 0 Å². The molecular weight excluding hydrogens is 809 g/mol. The van der Waals surface area contributed by atoms with E-state index < -0.39 is 0 Å². The lowest BCUT2D eigenvalue weighted by Gasteiger charge is -2.41. The highest BCUT2D eigenvalue weighted by atomic mass is 15.3. The lowest BCUT2D eigenvalue weighted by molar-refractivity contribution is 0.133. The van der Waals surface area contributed by atoms with Gasteiger partial charge >= 0.3 is 0 Å². The quantitative estimate of drug-likeness (QED) is 0.0989. The summed E-state index contributed by atoms with van der Waals surface area (Å²) in [4.78, 5) is 21.0. The zero-order chi connectivity index (χ0) is 45.8. The molecule has 8 aromatic rings. The molecule has 2 aliphatic rings. The maximum Gasteiger partial charge on any atom is 0.229 e. The van der Waals surface area contributed by atoms with E-state index >= 15 is 0 Å². The lowest BCUT2D eigenvalue weighted by Crippen LogP contribution is -2.45. The topological polar surface area (TPSA) is 151 Å². The van der Waals surface area contributed by atoms with Crippen LogP contribution < -0.4 is 26.6 Å². The van der Waals surface area contributed by atoms with E-state index in [1.807, 2.05) is 26.5 Å². The Kier molecular flexibility index (Phi) is 11.3. The molecule has 0 spiro atoms. The minimum absolute atomic E-state index is 0.137. The second-order valence-electron chi connectivity index (χ2n) is 19.1. The van der Waals surface area contributed by atoms with Gasteiger partial charge in [0.05, 0.1) is 10.8 Å². The average molecular weight is 869 g/mol. The number of para-hydroxylation sites is 2. The van der Waals surface area contributed by atoms with Gasteiger partial charge in [-0.15, -0.1) is 0 Å². The second-order valence-corrected chi connectivity index (χ2v) is 19.1. The molecule has 4 aromatic carbocycles. The van der Waals surface area contributed by atoms with Crippen LogP contribution in [0.5, 0.6) is 0 Å². The van der Waals surface area contributed by atoms with E-state index in [9.17, 15) is 0 Å². The van der Waals surface area contributed by atoms with Crippen molar-refractivity contribution in [3.8, 4) is 0 Å². The van der Waals surface area contributed by atoms with Gasteiger partial charge in [-0.05, 0) is 144 Å². The van der Waals surface area contributed by atoms with Crippen molar-refractivity contribution < 1.29 is 0 Å². The molecule has 4 aromatic heterocycles. The number of hydrogen-bond donors (Lipinski definition) is 5. The smallest absolute Gasteiger partial charge is 0.229 e. The molecule has 0 radical (unpaired) electrons. The van der Waals surface area contributed by atoms with Gasteiger partial charge in [0, 0.05) is 73.4 Å². The van der Waals surface area contributed by atoms with Crippen LogP contribution in [0.3, 0.4) is 0 Å². The number of anilines is 8. The van der Waals surface area contributed by atoms with Crippen LogP contribution in [0, 0.1) is 27.7 Å². The van der Waals surface area contributed by atoms with Gasteiger partial charge in [0.25, 0.3) is 0 Å². The first-order valence-corrected chi connectivity index (χ1v) is 22.3. The maximum absolute atomic E-state index is 4.76. The summed E-state index contributed by atoms with van der Waals surface area (Å²) in [6.07, 6.45) is 5.74. The van der Waals surface area contributed by atoms with Gasteiger partial charge in [0.2, 0.25) is 11.9 Å². The molecule has 0 amide bonds. The zero-order valence-electron chi connectivity index (χ0n) is 39.4. The number of aromatic nitrogens is 8. The van der Waals surface area contributed by atoms with Crippen LogP contribution in [0.2, 0.25) is 0 Å². The Morgan fingerprint density at radius 3 is 1.51 bits per heavy atom. The highest BCUT2D eigenvalue weighted by Crippen LogP contribution is 2.34. The van der Waals surface area contributed by atoms with Crippen LogP contribution in [0.1, 0.15) is 72.2 Å². The fourth-order valence-corrected chi connectivity index (χ4v) is 8.91. The first-order chi connectivity index (χ1) is 31.0. The van der Waals surface area contributed by atoms with Gasteiger partial charge in [0.15, 0.2) is 22.9 Å². The molecule has 65 heavy (non-hydrogen) atoms. The Bertz CT molecular complexity index is 3050. The molecule has 2 aliphatic heterocycles. The van der Waals surface area contributed by atoms with Crippen molar-refractivity contribution in [1.29, 1.82) is 0 Å². The fraction of sp³-hybridized carbons (Fsp3) is 0.333. The van der Waals surface area contributed by atoms with Gasteiger partial charge in [-0.1, -0.05) is 48.5 Å². The zero-order valence-corrected chi connectivity index (χ0v) is 39.4. The molecular formula is C51H60N14. The third-order valence-corrected chi connectivity index (χ3v) is 13.0. The van der Waals surface area contributed by atoms with Crippen molar-refractivity contribution in [2.45, 2.75) is 92.4 Å². The third-order valence-electron chi connectivity index (χ3n) is 13.0. The summed E-state index contributed by atoms with van der Waals surface area (Å²) in [6.45, 7) is 19.2. The van der Waals surface area contributed by atoms with Gasteiger partial charge < -0.3 is 26.6 Å². The summed E-state index contributed by atoms with van der Waals surface area (Å²) < 4.78 is 3.58. The van der Waals surface area contributed by atoms with Crippen LogP contribution in [0.4, 0.5) is 46.3 Å². The van der Waals surface area contributed by atoms with E-state index in [4.69, 9.17) is 9.97 Å². The van der Waals surface area contributed by atoms with Gasteiger partial charge in [-0.2, -0.15) is 20.2 Å². The normalized spacial score (nSPS) is 15.2. The molecule has 14 nitrogen and oxygen atoms in total. The predicted octanol–water partition coefficient (Wildman–Crippen LogP) is 10.1. The van der Waals surface area contributed by atoms with Crippen LogP contribution >= 0.6 is 0 Å². The molecule has 6 heterocycles.